The summed E-state index contributed by atoms with van der Waals surface area (Å²) in [7, 11) is 0. The number of aromatic nitrogens is 3. The van der Waals surface area contributed by atoms with Crippen molar-refractivity contribution in [1.82, 2.24) is 15.0 Å². The van der Waals surface area contributed by atoms with E-state index in [1.807, 2.05) is 55.5 Å². The number of rotatable bonds is 2. The number of furan rings is 1. The van der Waals surface area contributed by atoms with Crippen LogP contribution in [0.1, 0.15) is 5.56 Å². The molecule has 0 amide bonds. The van der Waals surface area contributed by atoms with E-state index in [0.29, 0.717) is 5.02 Å². The van der Waals surface area contributed by atoms with Crippen LogP contribution in [0.3, 0.4) is 0 Å². The number of fused-ring (bicyclic) bond motifs is 1. The van der Waals surface area contributed by atoms with Crippen molar-refractivity contribution in [3.05, 3.63) is 65.4 Å². The van der Waals surface area contributed by atoms with E-state index in [0.717, 1.165) is 33.6 Å². The van der Waals surface area contributed by atoms with Gasteiger partial charge in [0.25, 0.3) is 0 Å². The van der Waals surface area contributed by atoms with Crippen molar-refractivity contribution in [3.63, 3.8) is 0 Å². The molecule has 0 saturated heterocycles. The fourth-order valence-corrected chi connectivity index (χ4v) is 2.51. The molecule has 0 aliphatic carbocycles. The average Bonchev–Trinajstić information content (AvgIpc) is 3.17. The SMILES string of the molecule is Cc1ccc(-n2nc3ccc(-c4ccco4)cc3n2)cc1Cl. The van der Waals surface area contributed by atoms with E-state index < -0.39 is 0 Å². The molecule has 0 atom stereocenters. The first-order chi connectivity index (χ1) is 10.7. The standard InChI is InChI=1S/C17H12ClN3O/c1-11-4-6-13(10-14(11)18)21-19-15-7-5-12(9-16(15)20-21)17-3-2-8-22-17/h2-10H,1H3. The minimum Gasteiger partial charge on any atom is -0.464 e. The van der Waals surface area contributed by atoms with Crippen molar-refractivity contribution in [2.45, 2.75) is 6.92 Å². The molecule has 4 nitrogen and oxygen atoms in total. The maximum atomic E-state index is 6.17. The molecule has 0 bridgehead atoms. The molecule has 0 aliphatic rings. The molecular weight excluding hydrogens is 298 g/mol. The number of nitrogens with zero attached hydrogens (tertiary/aromatic N) is 3. The summed E-state index contributed by atoms with van der Waals surface area (Å²) in [6.45, 7) is 1.97. The van der Waals surface area contributed by atoms with Crippen LogP contribution in [0.5, 0.6) is 0 Å². The Morgan fingerprint density at radius 1 is 1.00 bits per heavy atom. The molecule has 4 aromatic rings. The van der Waals surface area contributed by atoms with Gasteiger partial charge in [0.2, 0.25) is 0 Å². The maximum Gasteiger partial charge on any atom is 0.133 e. The van der Waals surface area contributed by atoms with Crippen molar-refractivity contribution in [2.75, 3.05) is 0 Å². The summed E-state index contributed by atoms with van der Waals surface area (Å²) >= 11 is 6.17. The molecule has 0 spiro atoms. The third kappa shape index (κ3) is 2.18. The molecule has 0 N–H and O–H groups in total. The molecule has 0 unspecified atom stereocenters. The van der Waals surface area contributed by atoms with Gasteiger partial charge in [-0.25, -0.2) is 0 Å². The van der Waals surface area contributed by atoms with Crippen LogP contribution in [0.2, 0.25) is 5.02 Å². The van der Waals surface area contributed by atoms with Crippen LogP contribution >= 0.6 is 11.6 Å². The second-order valence-corrected chi connectivity index (χ2v) is 5.51. The predicted octanol–water partition coefficient (Wildman–Crippen LogP) is 4.64. The van der Waals surface area contributed by atoms with Gasteiger partial charge in [-0.15, -0.1) is 10.2 Å². The second kappa shape index (κ2) is 5.00. The molecule has 0 aliphatic heterocycles. The number of aryl methyl sites for hydroxylation is 1. The highest BCUT2D eigenvalue weighted by atomic mass is 35.5. The van der Waals surface area contributed by atoms with Crippen LogP contribution in [0.15, 0.2) is 59.2 Å². The van der Waals surface area contributed by atoms with E-state index in [4.69, 9.17) is 16.0 Å². The minimum atomic E-state index is 0.704. The van der Waals surface area contributed by atoms with Gasteiger partial charge >= 0.3 is 0 Å². The summed E-state index contributed by atoms with van der Waals surface area (Å²) in [5.74, 6) is 0.815. The van der Waals surface area contributed by atoms with Gasteiger partial charge in [-0.05, 0) is 55.0 Å². The number of hydrogen-bond acceptors (Lipinski definition) is 3. The zero-order chi connectivity index (χ0) is 15.1. The molecule has 2 aromatic heterocycles. The van der Waals surface area contributed by atoms with Gasteiger partial charge < -0.3 is 4.42 Å². The largest absolute Gasteiger partial charge is 0.464 e. The number of benzene rings is 2. The summed E-state index contributed by atoms with van der Waals surface area (Å²) in [6, 6.07) is 15.4. The molecular formula is C17H12ClN3O. The Bertz CT molecular complexity index is 957. The molecule has 2 aromatic carbocycles. The van der Waals surface area contributed by atoms with Gasteiger partial charge in [-0.1, -0.05) is 17.7 Å². The van der Waals surface area contributed by atoms with Crippen LogP contribution in [0.25, 0.3) is 28.0 Å². The third-order valence-electron chi connectivity index (χ3n) is 3.57. The van der Waals surface area contributed by atoms with E-state index in [-0.39, 0.29) is 0 Å². The van der Waals surface area contributed by atoms with E-state index >= 15 is 0 Å². The van der Waals surface area contributed by atoms with Crippen molar-refractivity contribution in [3.8, 4) is 17.0 Å². The quantitative estimate of drug-likeness (QED) is 0.541. The molecule has 0 saturated carbocycles. The lowest BCUT2D eigenvalue weighted by molar-refractivity contribution is 0.582. The zero-order valence-corrected chi connectivity index (χ0v) is 12.6. The van der Waals surface area contributed by atoms with Gasteiger partial charge in [-0.2, -0.15) is 4.80 Å². The molecule has 22 heavy (non-hydrogen) atoms. The van der Waals surface area contributed by atoms with Gasteiger partial charge in [-0.3, -0.25) is 0 Å². The summed E-state index contributed by atoms with van der Waals surface area (Å²) in [5.41, 5.74) is 4.48. The Morgan fingerprint density at radius 2 is 1.86 bits per heavy atom. The van der Waals surface area contributed by atoms with Crippen LogP contribution in [0.4, 0.5) is 0 Å². The van der Waals surface area contributed by atoms with Crippen molar-refractivity contribution >= 4 is 22.6 Å². The highest BCUT2D eigenvalue weighted by molar-refractivity contribution is 6.31. The number of hydrogen-bond donors (Lipinski definition) is 0. The summed E-state index contributed by atoms with van der Waals surface area (Å²) in [5, 5.41) is 9.73. The number of halogens is 1. The van der Waals surface area contributed by atoms with Crippen molar-refractivity contribution < 1.29 is 4.42 Å². The lowest BCUT2D eigenvalue weighted by Gasteiger charge is -2.01. The zero-order valence-electron chi connectivity index (χ0n) is 11.8. The Kier molecular flexibility index (Phi) is 2.98. The van der Waals surface area contributed by atoms with E-state index in [2.05, 4.69) is 10.2 Å². The summed E-state index contributed by atoms with van der Waals surface area (Å²) in [4.78, 5) is 1.60. The van der Waals surface area contributed by atoms with E-state index in [1.54, 1.807) is 11.1 Å². The molecule has 4 rings (SSSR count). The molecule has 0 fully saturated rings. The monoisotopic (exact) mass is 309 g/mol. The van der Waals surface area contributed by atoms with Gasteiger partial charge in [0.05, 0.1) is 12.0 Å². The Hall–Kier alpha value is -2.59. The smallest absolute Gasteiger partial charge is 0.133 e. The van der Waals surface area contributed by atoms with Crippen molar-refractivity contribution in [1.29, 1.82) is 0 Å². The highest BCUT2D eigenvalue weighted by Gasteiger charge is 2.08. The van der Waals surface area contributed by atoms with E-state index in [9.17, 15) is 0 Å². The Labute approximate surface area is 131 Å². The van der Waals surface area contributed by atoms with Crippen LogP contribution in [0, 0.1) is 6.92 Å². The normalized spacial score (nSPS) is 11.2. The van der Waals surface area contributed by atoms with Crippen LogP contribution in [-0.4, -0.2) is 15.0 Å². The molecule has 0 radical (unpaired) electrons. The van der Waals surface area contributed by atoms with Crippen LogP contribution in [-0.2, 0) is 0 Å². The Morgan fingerprint density at radius 3 is 2.64 bits per heavy atom. The lowest BCUT2D eigenvalue weighted by atomic mass is 10.1. The molecule has 108 valence electrons. The first kappa shape index (κ1) is 13.1. The molecule has 2 heterocycles. The first-order valence-corrected chi connectivity index (χ1v) is 7.26. The van der Waals surface area contributed by atoms with E-state index in [1.165, 1.54) is 0 Å². The highest BCUT2D eigenvalue weighted by Crippen LogP contribution is 2.24. The third-order valence-corrected chi connectivity index (χ3v) is 3.98. The summed E-state index contributed by atoms with van der Waals surface area (Å²) in [6.07, 6.45) is 1.66. The van der Waals surface area contributed by atoms with Gasteiger partial charge in [0.1, 0.15) is 16.8 Å². The van der Waals surface area contributed by atoms with Crippen molar-refractivity contribution in [2.24, 2.45) is 0 Å². The lowest BCUT2D eigenvalue weighted by Crippen LogP contribution is -1.98. The minimum absolute atomic E-state index is 0.704. The summed E-state index contributed by atoms with van der Waals surface area (Å²) < 4.78 is 5.42. The topological polar surface area (TPSA) is 43.9 Å². The fourth-order valence-electron chi connectivity index (χ4n) is 2.33. The first-order valence-electron chi connectivity index (χ1n) is 6.88. The predicted molar refractivity (Wildman–Crippen MR) is 86.3 cm³/mol. The Balaban J connectivity index is 1.81. The average molecular weight is 310 g/mol. The molecule has 5 heteroatoms. The van der Waals surface area contributed by atoms with Gasteiger partial charge in [0.15, 0.2) is 0 Å². The maximum absolute atomic E-state index is 6.17. The van der Waals surface area contributed by atoms with Crippen LogP contribution < -0.4 is 0 Å². The van der Waals surface area contributed by atoms with Gasteiger partial charge in [0, 0.05) is 10.6 Å². The second-order valence-electron chi connectivity index (χ2n) is 5.10. The fraction of sp³-hybridized carbons (Fsp3) is 0.0588.